The normalized spacial score (nSPS) is 18.9. The van der Waals surface area contributed by atoms with Crippen LogP contribution in [0.3, 0.4) is 0 Å². The van der Waals surface area contributed by atoms with Crippen LogP contribution in [0.5, 0.6) is 0 Å². The fourth-order valence-corrected chi connectivity index (χ4v) is 2.73. The molecule has 2 rings (SSSR count). The van der Waals surface area contributed by atoms with E-state index in [4.69, 9.17) is 5.73 Å². The molecule has 1 heterocycles. The van der Waals surface area contributed by atoms with E-state index in [2.05, 4.69) is 22.2 Å². The van der Waals surface area contributed by atoms with Crippen molar-refractivity contribution in [1.82, 2.24) is 9.97 Å². The Hall–Kier alpha value is -1.32. The third kappa shape index (κ3) is 3.32. The van der Waals surface area contributed by atoms with Crippen LogP contribution >= 0.6 is 0 Å². The van der Waals surface area contributed by atoms with Crippen molar-refractivity contribution >= 4 is 11.8 Å². The predicted molar refractivity (Wildman–Crippen MR) is 70.7 cm³/mol. The van der Waals surface area contributed by atoms with Crippen LogP contribution in [0.2, 0.25) is 0 Å². The zero-order valence-corrected chi connectivity index (χ0v) is 10.5. The average Bonchev–Trinajstić information content (AvgIpc) is 2.37. The van der Waals surface area contributed by atoms with Gasteiger partial charge in [0.05, 0.1) is 0 Å². The Labute approximate surface area is 103 Å². The van der Waals surface area contributed by atoms with Crippen LogP contribution in [0.15, 0.2) is 12.3 Å². The van der Waals surface area contributed by atoms with Crippen molar-refractivity contribution < 1.29 is 0 Å². The summed E-state index contributed by atoms with van der Waals surface area (Å²) in [7, 11) is 0. The van der Waals surface area contributed by atoms with Crippen molar-refractivity contribution in [3.05, 3.63) is 12.3 Å². The first-order valence-corrected chi connectivity index (χ1v) is 6.64. The highest BCUT2D eigenvalue weighted by Gasteiger charge is 2.22. The van der Waals surface area contributed by atoms with Crippen molar-refractivity contribution in [2.24, 2.45) is 5.92 Å². The summed E-state index contributed by atoms with van der Waals surface area (Å²) in [5.41, 5.74) is 5.59. The predicted octanol–water partition coefficient (Wildman–Crippen LogP) is 2.83. The molecule has 1 fully saturated rings. The molecule has 17 heavy (non-hydrogen) atoms. The van der Waals surface area contributed by atoms with Crippen LogP contribution < -0.4 is 11.1 Å². The molecular formula is C13H22N4. The summed E-state index contributed by atoms with van der Waals surface area (Å²) in [6.07, 6.45) is 9.65. The summed E-state index contributed by atoms with van der Waals surface area (Å²) in [6.45, 7) is 2.23. The standard InChI is InChI=1S/C13H22N4/c1-2-11(10-6-4-3-5-7-10)16-12-8-9-15-13(14)17-12/h8-11H,2-7H2,1H3,(H3,14,15,16,17). The van der Waals surface area contributed by atoms with Gasteiger partial charge >= 0.3 is 0 Å². The molecule has 3 N–H and O–H groups in total. The maximum absolute atomic E-state index is 5.59. The van der Waals surface area contributed by atoms with E-state index in [0.717, 1.165) is 18.2 Å². The average molecular weight is 234 g/mol. The van der Waals surface area contributed by atoms with Crippen LogP contribution in [0.4, 0.5) is 11.8 Å². The van der Waals surface area contributed by atoms with Gasteiger partial charge < -0.3 is 11.1 Å². The Morgan fingerprint density at radius 2 is 2.18 bits per heavy atom. The van der Waals surface area contributed by atoms with E-state index in [-0.39, 0.29) is 0 Å². The first-order chi connectivity index (χ1) is 8.29. The second-order valence-corrected chi connectivity index (χ2v) is 4.86. The van der Waals surface area contributed by atoms with Gasteiger partial charge in [0.2, 0.25) is 5.95 Å². The van der Waals surface area contributed by atoms with Gasteiger partial charge in [-0.3, -0.25) is 0 Å². The highest BCUT2D eigenvalue weighted by atomic mass is 15.1. The number of anilines is 2. The molecule has 0 spiro atoms. The summed E-state index contributed by atoms with van der Waals surface area (Å²) in [6, 6.07) is 2.41. The number of nitrogens with zero attached hydrogens (tertiary/aromatic N) is 2. The van der Waals surface area contributed by atoms with E-state index in [0.29, 0.717) is 12.0 Å². The fourth-order valence-electron chi connectivity index (χ4n) is 2.73. The van der Waals surface area contributed by atoms with Gasteiger partial charge in [-0.15, -0.1) is 0 Å². The highest BCUT2D eigenvalue weighted by molar-refractivity contribution is 5.38. The van der Waals surface area contributed by atoms with Gasteiger partial charge in [0, 0.05) is 12.2 Å². The number of hydrogen-bond donors (Lipinski definition) is 2. The molecule has 0 aliphatic heterocycles. The molecule has 4 nitrogen and oxygen atoms in total. The number of nitrogens with one attached hydrogen (secondary N) is 1. The van der Waals surface area contributed by atoms with E-state index in [1.54, 1.807) is 6.20 Å². The molecule has 1 atom stereocenters. The van der Waals surface area contributed by atoms with Gasteiger partial charge in [-0.2, -0.15) is 4.98 Å². The molecule has 0 radical (unpaired) electrons. The minimum absolute atomic E-state index is 0.341. The van der Waals surface area contributed by atoms with E-state index in [1.807, 2.05) is 6.07 Å². The molecule has 1 aliphatic carbocycles. The Morgan fingerprint density at radius 3 is 2.82 bits per heavy atom. The van der Waals surface area contributed by atoms with Gasteiger partial charge in [-0.1, -0.05) is 26.2 Å². The summed E-state index contributed by atoms with van der Waals surface area (Å²) in [5, 5.41) is 3.51. The Kier molecular flexibility index (Phi) is 4.18. The van der Waals surface area contributed by atoms with E-state index < -0.39 is 0 Å². The van der Waals surface area contributed by atoms with Crippen molar-refractivity contribution in [1.29, 1.82) is 0 Å². The number of aromatic nitrogens is 2. The lowest BCUT2D eigenvalue weighted by atomic mass is 9.83. The van der Waals surface area contributed by atoms with Gasteiger partial charge in [0.15, 0.2) is 0 Å². The Morgan fingerprint density at radius 1 is 1.41 bits per heavy atom. The van der Waals surface area contributed by atoms with Crippen LogP contribution in [0.1, 0.15) is 45.4 Å². The van der Waals surface area contributed by atoms with Crippen LogP contribution in [-0.4, -0.2) is 16.0 Å². The second-order valence-electron chi connectivity index (χ2n) is 4.86. The number of rotatable bonds is 4. The SMILES string of the molecule is CCC(Nc1ccnc(N)n1)C1CCCCC1. The third-order valence-corrected chi connectivity index (χ3v) is 3.67. The Balaban J connectivity index is 1.98. The maximum atomic E-state index is 5.59. The van der Waals surface area contributed by atoms with Gasteiger partial charge in [-0.05, 0) is 31.2 Å². The van der Waals surface area contributed by atoms with Crippen LogP contribution in [0, 0.1) is 5.92 Å². The van der Waals surface area contributed by atoms with Crippen LogP contribution in [0.25, 0.3) is 0 Å². The molecule has 94 valence electrons. The lowest BCUT2D eigenvalue weighted by Gasteiger charge is -2.30. The third-order valence-electron chi connectivity index (χ3n) is 3.67. The zero-order chi connectivity index (χ0) is 12.1. The van der Waals surface area contributed by atoms with Crippen molar-refractivity contribution in [3.63, 3.8) is 0 Å². The molecule has 1 aromatic rings. The monoisotopic (exact) mass is 234 g/mol. The molecule has 0 saturated heterocycles. The maximum Gasteiger partial charge on any atom is 0.221 e. The van der Waals surface area contributed by atoms with E-state index >= 15 is 0 Å². The molecule has 1 unspecified atom stereocenters. The minimum atomic E-state index is 0.341. The lowest BCUT2D eigenvalue weighted by Crippen LogP contribution is -2.30. The zero-order valence-electron chi connectivity index (χ0n) is 10.5. The lowest BCUT2D eigenvalue weighted by molar-refractivity contribution is 0.312. The minimum Gasteiger partial charge on any atom is -0.368 e. The molecule has 0 aromatic carbocycles. The molecule has 1 aromatic heterocycles. The summed E-state index contributed by atoms with van der Waals surface area (Å²) in [5.74, 6) is 1.98. The first-order valence-electron chi connectivity index (χ1n) is 6.64. The molecule has 1 aliphatic rings. The molecular weight excluding hydrogens is 212 g/mol. The second kappa shape index (κ2) is 5.84. The number of nitrogen functional groups attached to an aromatic ring is 1. The molecule has 1 saturated carbocycles. The quantitative estimate of drug-likeness (QED) is 0.840. The summed E-state index contributed by atoms with van der Waals surface area (Å²) in [4.78, 5) is 8.12. The van der Waals surface area contributed by atoms with Crippen LogP contribution in [-0.2, 0) is 0 Å². The van der Waals surface area contributed by atoms with Crippen molar-refractivity contribution in [2.45, 2.75) is 51.5 Å². The Bertz CT molecular complexity index is 347. The topological polar surface area (TPSA) is 63.8 Å². The van der Waals surface area contributed by atoms with E-state index in [1.165, 1.54) is 32.1 Å². The largest absolute Gasteiger partial charge is 0.368 e. The fraction of sp³-hybridized carbons (Fsp3) is 0.692. The first kappa shape index (κ1) is 12.1. The molecule has 0 amide bonds. The van der Waals surface area contributed by atoms with Crippen molar-refractivity contribution in [2.75, 3.05) is 11.1 Å². The van der Waals surface area contributed by atoms with Crippen molar-refractivity contribution in [3.8, 4) is 0 Å². The highest BCUT2D eigenvalue weighted by Crippen LogP contribution is 2.29. The van der Waals surface area contributed by atoms with E-state index in [9.17, 15) is 0 Å². The van der Waals surface area contributed by atoms with Gasteiger partial charge in [-0.25, -0.2) is 4.98 Å². The van der Waals surface area contributed by atoms with Gasteiger partial charge in [0.25, 0.3) is 0 Å². The summed E-state index contributed by atoms with van der Waals surface area (Å²) < 4.78 is 0. The smallest absolute Gasteiger partial charge is 0.221 e. The summed E-state index contributed by atoms with van der Waals surface area (Å²) >= 11 is 0. The number of nitrogens with two attached hydrogens (primary N) is 1. The van der Waals surface area contributed by atoms with Gasteiger partial charge in [0.1, 0.15) is 5.82 Å². The molecule has 4 heteroatoms. The number of hydrogen-bond acceptors (Lipinski definition) is 4. The molecule has 0 bridgehead atoms.